The third-order valence-electron chi connectivity index (χ3n) is 3.93. The highest BCUT2D eigenvalue weighted by Gasteiger charge is 2.11. The second-order valence-corrected chi connectivity index (χ2v) is 7.27. The van der Waals surface area contributed by atoms with Crippen molar-refractivity contribution in [2.45, 2.75) is 0 Å². The van der Waals surface area contributed by atoms with Gasteiger partial charge in [-0.3, -0.25) is 14.9 Å². The molecule has 0 aliphatic carbocycles. The highest BCUT2D eigenvalue weighted by molar-refractivity contribution is 9.10. The lowest BCUT2D eigenvalue weighted by molar-refractivity contribution is -0.384. The minimum Gasteiger partial charge on any atom is -0.495 e. The summed E-state index contributed by atoms with van der Waals surface area (Å²) in [6.45, 7) is -0.332. The first kappa shape index (κ1) is 22.3. The molecule has 2 aromatic carbocycles. The molecule has 31 heavy (non-hydrogen) atoms. The van der Waals surface area contributed by atoms with Gasteiger partial charge in [-0.05, 0) is 52.3 Å². The Morgan fingerprint density at radius 2 is 2.03 bits per heavy atom. The van der Waals surface area contributed by atoms with Crippen molar-refractivity contribution in [1.82, 2.24) is 5.43 Å². The molecule has 1 N–H and O–H groups in total. The third kappa shape index (κ3) is 5.83. The molecule has 0 saturated heterocycles. The van der Waals surface area contributed by atoms with E-state index in [1.807, 2.05) is 0 Å². The summed E-state index contributed by atoms with van der Waals surface area (Å²) >= 11 is 9.29. The first-order valence-electron chi connectivity index (χ1n) is 8.70. The van der Waals surface area contributed by atoms with Crippen LogP contribution in [0.2, 0.25) is 5.02 Å². The van der Waals surface area contributed by atoms with Crippen molar-refractivity contribution in [3.8, 4) is 22.8 Å². The number of non-ortho nitro benzene ring substituents is 1. The summed E-state index contributed by atoms with van der Waals surface area (Å²) in [4.78, 5) is 22.1. The Kier molecular flexibility index (Phi) is 7.27. The smallest absolute Gasteiger partial charge is 0.277 e. The maximum atomic E-state index is 11.9. The lowest BCUT2D eigenvalue weighted by atomic mass is 10.2. The number of carbonyl (C=O) groups excluding carboxylic acids is 1. The molecule has 0 unspecified atom stereocenters. The molecule has 0 bridgehead atoms. The summed E-state index contributed by atoms with van der Waals surface area (Å²) in [5.74, 6) is 1.32. The molecule has 160 valence electrons. The molecule has 3 aromatic rings. The topological polar surface area (TPSA) is 116 Å². The van der Waals surface area contributed by atoms with Gasteiger partial charge < -0.3 is 13.9 Å². The highest BCUT2D eigenvalue weighted by atomic mass is 79.9. The number of halogens is 2. The number of methoxy groups -OCH3 is 1. The van der Waals surface area contributed by atoms with Gasteiger partial charge in [-0.2, -0.15) is 5.10 Å². The molecular weight excluding hydrogens is 494 g/mol. The number of nitrogens with zero attached hydrogens (tertiary/aromatic N) is 2. The Hall–Kier alpha value is -3.37. The second-order valence-electron chi connectivity index (χ2n) is 6.01. The van der Waals surface area contributed by atoms with E-state index in [1.165, 1.54) is 31.5 Å². The molecule has 0 atom stereocenters. The number of carbonyl (C=O) groups is 1. The fourth-order valence-corrected chi connectivity index (χ4v) is 3.20. The normalized spacial score (nSPS) is 10.8. The van der Waals surface area contributed by atoms with E-state index in [4.69, 9.17) is 25.5 Å². The van der Waals surface area contributed by atoms with Crippen molar-refractivity contribution in [3.63, 3.8) is 0 Å². The van der Waals surface area contributed by atoms with Gasteiger partial charge in [0.2, 0.25) is 0 Å². The van der Waals surface area contributed by atoms with Crippen LogP contribution in [-0.4, -0.2) is 30.8 Å². The highest BCUT2D eigenvalue weighted by Crippen LogP contribution is 2.31. The van der Waals surface area contributed by atoms with Crippen molar-refractivity contribution in [2.24, 2.45) is 5.10 Å². The number of ether oxygens (including phenoxy) is 2. The van der Waals surface area contributed by atoms with E-state index < -0.39 is 10.8 Å². The summed E-state index contributed by atoms with van der Waals surface area (Å²) in [5, 5.41) is 15.0. The lowest BCUT2D eigenvalue weighted by Crippen LogP contribution is -2.24. The first-order valence-corrected chi connectivity index (χ1v) is 9.87. The van der Waals surface area contributed by atoms with E-state index in [2.05, 4.69) is 26.5 Å². The van der Waals surface area contributed by atoms with Crippen molar-refractivity contribution in [1.29, 1.82) is 0 Å². The molecule has 0 radical (unpaired) electrons. The number of furan rings is 1. The van der Waals surface area contributed by atoms with Gasteiger partial charge in [-0.25, -0.2) is 5.43 Å². The fourth-order valence-electron chi connectivity index (χ4n) is 2.46. The van der Waals surface area contributed by atoms with E-state index in [0.29, 0.717) is 32.5 Å². The number of nitrogens with one attached hydrogen (secondary N) is 1. The molecule has 0 aliphatic heterocycles. The molecule has 0 fully saturated rings. The number of hydrazone groups is 1. The van der Waals surface area contributed by atoms with Gasteiger partial charge in [0.15, 0.2) is 6.61 Å². The van der Waals surface area contributed by atoms with Crippen LogP contribution in [0.25, 0.3) is 11.3 Å². The number of nitro benzene ring substituents is 1. The molecule has 1 aromatic heterocycles. The Bertz CT molecular complexity index is 1150. The Morgan fingerprint density at radius 1 is 1.26 bits per heavy atom. The lowest BCUT2D eigenvalue weighted by Gasteiger charge is -2.06. The first-order chi connectivity index (χ1) is 14.9. The number of benzene rings is 2. The van der Waals surface area contributed by atoms with Crippen molar-refractivity contribution in [3.05, 3.63) is 73.9 Å². The molecule has 11 heteroatoms. The van der Waals surface area contributed by atoms with Gasteiger partial charge in [-0.15, -0.1) is 0 Å². The number of hydrogen-bond donors (Lipinski definition) is 1. The predicted octanol–water partition coefficient (Wildman–Crippen LogP) is 4.81. The number of amides is 1. The van der Waals surface area contributed by atoms with Crippen molar-refractivity contribution >= 4 is 45.3 Å². The average Bonchev–Trinajstić information content (AvgIpc) is 3.21. The Morgan fingerprint density at radius 3 is 2.71 bits per heavy atom. The van der Waals surface area contributed by atoms with E-state index >= 15 is 0 Å². The Labute approximate surface area is 189 Å². The van der Waals surface area contributed by atoms with Gasteiger partial charge >= 0.3 is 0 Å². The zero-order chi connectivity index (χ0) is 22.4. The standard InChI is InChI=1S/C20H15BrClN3O6/c1-29-19-5-2-12(8-16(19)22)17-7-4-14(31-17)10-23-24-20(26)11-30-18-6-3-13(25(27)28)9-15(18)21/h2-10H,11H2,1H3,(H,24,26)/b23-10+. The molecule has 9 nitrogen and oxygen atoms in total. The molecule has 1 amide bonds. The zero-order valence-electron chi connectivity index (χ0n) is 16.0. The third-order valence-corrected chi connectivity index (χ3v) is 4.84. The van der Waals surface area contributed by atoms with Crippen LogP contribution in [-0.2, 0) is 4.79 Å². The van der Waals surface area contributed by atoms with Crippen LogP contribution in [0.15, 0.2) is 62.5 Å². The number of nitro groups is 1. The van der Waals surface area contributed by atoms with E-state index in [-0.39, 0.29) is 12.3 Å². The number of rotatable bonds is 8. The monoisotopic (exact) mass is 507 g/mol. The second kappa shape index (κ2) is 10.1. The SMILES string of the molecule is COc1ccc(-c2ccc(/C=N/NC(=O)COc3ccc([N+](=O)[O-])cc3Br)o2)cc1Cl. The van der Waals surface area contributed by atoms with E-state index in [1.54, 1.807) is 30.3 Å². The zero-order valence-corrected chi connectivity index (χ0v) is 18.3. The van der Waals surface area contributed by atoms with Crippen LogP contribution in [0.4, 0.5) is 5.69 Å². The summed E-state index contributed by atoms with van der Waals surface area (Å²) in [6, 6.07) is 12.7. The van der Waals surface area contributed by atoms with Gasteiger partial charge in [0.25, 0.3) is 11.6 Å². The van der Waals surface area contributed by atoms with E-state index in [9.17, 15) is 14.9 Å². The van der Waals surface area contributed by atoms with Crippen LogP contribution < -0.4 is 14.9 Å². The van der Waals surface area contributed by atoms with Crippen LogP contribution in [0.5, 0.6) is 11.5 Å². The fraction of sp³-hybridized carbons (Fsp3) is 0.100. The van der Waals surface area contributed by atoms with Gasteiger partial charge in [0.1, 0.15) is 23.0 Å². The van der Waals surface area contributed by atoms with Crippen LogP contribution in [0.3, 0.4) is 0 Å². The maximum absolute atomic E-state index is 11.9. The minimum absolute atomic E-state index is 0.0944. The average molecular weight is 509 g/mol. The molecular formula is C20H15BrClN3O6. The molecule has 3 rings (SSSR count). The summed E-state index contributed by atoms with van der Waals surface area (Å²) in [5.41, 5.74) is 2.97. The van der Waals surface area contributed by atoms with Crippen molar-refractivity contribution in [2.75, 3.05) is 13.7 Å². The van der Waals surface area contributed by atoms with Gasteiger partial charge in [-0.1, -0.05) is 11.6 Å². The molecule has 1 heterocycles. The summed E-state index contributed by atoms with van der Waals surface area (Å²) in [7, 11) is 1.53. The molecule has 0 saturated carbocycles. The van der Waals surface area contributed by atoms with Crippen LogP contribution in [0, 0.1) is 10.1 Å². The van der Waals surface area contributed by atoms with Crippen molar-refractivity contribution < 1.29 is 23.6 Å². The van der Waals surface area contributed by atoms with Gasteiger partial charge in [0.05, 0.1) is 27.7 Å². The van der Waals surface area contributed by atoms with Gasteiger partial charge in [0, 0.05) is 17.7 Å². The van der Waals surface area contributed by atoms with Crippen LogP contribution >= 0.6 is 27.5 Å². The largest absolute Gasteiger partial charge is 0.495 e. The summed E-state index contributed by atoms with van der Waals surface area (Å²) < 4.78 is 16.5. The molecule has 0 spiro atoms. The van der Waals surface area contributed by atoms with E-state index in [0.717, 1.165) is 5.56 Å². The molecule has 0 aliphatic rings. The Balaban J connectivity index is 1.53. The summed E-state index contributed by atoms with van der Waals surface area (Å²) in [6.07, 6.45) is 1.34. The minimum atomic E-state index is -0.529. The maximum Gasteiger partial charge on any atom is 0.277 e. The predicted molar refractivity (Wildman–Crippen MR) is 118 cm³/mol. The van der Waals surface area contributed by atoms with Crippen LogP contribution in [0.1, 0.15) is 5.76 Å². The quantitative estimate of drug-likeness (QED) is 0.265. The number of hydrogen-bond acceptors (Lipinski definition) is 7.